The average molecular weight is 404 g/mol. The predicted molar refractivity (Wildman–Crippen MR) is 117 cm³/mol. The van der Waals surface area contributed by atoms with Crippen LogP contribution in [0.25, 0.3) is 11.3 Å². The Labute approximate surface area is 175 Å². The second kappa shape index (κ2) is 8.42. The molecule has 0 fully saturated rings. The van der Waals surface area contributed by atoms with Crippen molar-refractivity contribution in [3.63, 3.8) is 0 Å². The van der Waals surface area contributed by atoms with Crippen molar-refractivity contribution >= 4 is 23.2 Å². The SMILES string of the molecule is CN(C)CCNc1ccc(C(=O)Nc2ccc(-c3ccco3)c3c2C(=O)NC3)cc1. The minimum atomic E-state index is -0.262. The van der Waals surface area contributed by atoms with Crippen LogP contribution in [0.2, 0.25) is 0 Å². The van der Waals surface area contributed by atoms with E-state index in [0.717, 1.165) is 29.9 Å². The van der Waals surface area contributed by atoms with Crippen LogP contribution in [0, 0.1) is 0 Å². The van der Waals surface area contributed by atoms with E-state index in [9.17, 15) is 9.59 Å². The van der Waals surface area contributed by atoms with E-state index in [4.69, 9.17) is 4.42 Å². The molecule has 0 saturated carbocycles. The number of hydrogen-bond donors (Lipinski definition) is 3. The Hall–Kier alpha value is -3.58. The van der Waals surface area contributed by atoms with Crippen molar-refractivity contribution < 1.29 is 14.0 Å². The average Bonchev–Trinajstić information content (AvgIpc) is 3.39. The van der Waals surface area contributed by atoms with Gasteiger partial charge in [0.15, 0.2) is 0 Å². The lowest BCUT2D eigenvalue weighted by Crippen LogP contribution is -2.20. The quantitative estimate of drug-likeness (QED) is 0.562. The van der Waals surface area contributed by atoms with Crippen LogP contribution in [0.5, 0.6) is 0 Å². The maximum atomic E-state index is 12.8. The first kappa shape index (κ1) is 19.7. The molecule has 2 aromatic carbocycles. The van der Waals surface area contributed by atoms with Crippen molar-refractivity contribution in [3.8, 4) is 11.3 Å². The number of carbonyl (C=O) groups excluding carboxylic acids is 2. The molecule has 0 saturated heterocycles. The molecule has 4 rings (SSSR count). The molecule has 2 heterocycles. The van der Waals surface area contributed by atoms with Crippen LogP contribution in [-0.4, -0.2) is 43.9 Å². The number of nitrogens with one attached hydrogen (secondary N) is 3. The van der Waals surface area contributed by atoms with Crippen LogP contribution in [0.3, 0.4) is 0 Å². The first-order valence-corrected chi connectivity index (χ1v) is 9.81. The number of rotatable bonds is 7. The molecule has 0 bridgehead atoms. The standard InChI is InChI=1S/C23H24N4O3/c1-27(2)12-11-24-16-7-5-15(6-8-16)22(28)26-19-10-9-17(20-4-3-13-30-20)18-14-25-23(29)21(18)19/h3-10,13,24H,11-12,14H2,1-2H3,(H,25,29)(H,26,28). The Morgan fingerprint density at radius 2 is 1.93 bits per heavy atom. The molecule has 0 unspecified atom stereocenters. The molecule has 2 amide bonds. The lowest BCUT2D eigenvalue weighted by molar-refractivity contribution is 0.0966. The number of carbonyl (C=O) groups is 2. The molecule has 154 valence electrons. The first-order valence-electron chi connectivity index (χ1n) is 9.81. The van der Waals surface area contributed by atoms with Gasteiger partial charge in [0.2, 0.25) is 0 Å². The highest BCUT2D eigenvalue weighted by atomic mass is 16.3. The number of likely N-dealkylation sites (N-methyl/N-ethyl adjacent to an activating group) is 1. The third-order valence-corrected chi connectivity index (χ3v) is 5.04. The number of fused-ring (bicyclic) bond motifs is 1. The molecule has 1 aliphatic heterocycles. The summed E-state index contributed by atoms with van der Waals surface area (Å²) < 4.78 is 5.49. The molecule has 7 heteroatoms. The summed E-state index contributed by atoms with van der Waals surface area (Å²) in [5, 5.41) is 9.03. The van der Waals surface area contributed by atoms with Crippen molar-refractivity contribution in [2.75, 3.05) is 37.8 Å². The molecule has 30 heavy (non-hydrogen) atoms. The Morgan fingerprint density at radius 3 is 2.63 bits per heavy atom. The van der Waals surface area contributed by atoms with Gasteiger partial charge in [-0.25, -0.2) is 0 Å². The third-order valence-electron chi connectivity index (χ3n) is 5.04. The van der Waals surface area contributed by atoms with E-state index in [1.54, 1.807) is 30.5 Å². The number of nitrogens with zero attached hydrogens (tertiary/aromatic N) is 1. The Balaban J connectivity index is 1.51. The minimum Gasteiger partial charge on any atom is -0.464 e. The van der Waals surface area contributed by atoms with Gasteiger partial charge in [-0.2, -0.15) is 0 Å². The van der Waals surface area contributed by atoms with E-state index < -0.39 is 0 Å². The van der Waals surface area contributed by atoms with Gasteiger partial charge in [-0.1, -0.05) is 0 Å². The number of furan rings is 1. The fourth-order valence-corrected chi connectivity index (χ4v) is 3.47. The van der Waals surface area contributed by atoms with E-state index in [-0.39, 0.29) is 11.8 Å². The van der Waals surface area contributed by atoms with Gasteiger partial charge in [0.1, 0.15) is 5.76 Å². The second-order valence-corrected chi connectivity index (χ2v) is 7.44. The summed E-state index contributed by atoms with van der Waals surface area (Å²) in [6, 6.07) is 14.6. The monoisotopic (exact) mass is 404 g/mol. The number of anilines is 2. The van der Waals surface area contributed by atoms with E-state index >= 15 is 0 Å². The normalized spacial score (nSPS) is 12.6. The van der Waals surface area contributed by atoms with Gasteiger partial charge in [0.05, 0.1) is 17.5 Å². The summed E-state index contributed by atoms with van der Waals surface area (Å²) in [5.74, 6) is 0.231. The Morgan fingerprint density at radius 1 is 1.13 bits per heavy atom. The molecule has 7 nitrogen and oxygen atoms in total. The van der Waals surface area contributed by atoms with Crippen LogP contribution in [0.1, 0.15) is 26.3 Å². The molecule has 0 atom stereocenters. The van der Waals surface area contributed by atoms with Crippen molar-refractivity contribution in [1.29, 1.82) is 0 Å². The van der Waals surface area contributed by atoms with Gasteiger partial charge >= 0.3 is 0 Å². The zero-order valence-electron chi connectivity index (χ0n) is 17.0. The fraction of sp³-hybridized carbons (Fsp3) is 0.217. The number of hydrogen-bond acceptors (Lipinski definition) is 5. The maximum absolute atomic E-state index is 12.8. The Bertz CT molecular complexity index is 1060. The van der Waals surface area contributed by atoms with Gasteiger partial charge in [0, 0.05) is 36.4 Å². The predicted octanol–water partition coefficient (Wildman–Crippen LogP) is 3.42. The van der Waals surface area contributed by atoms with Gasteiger partial charge < -0.3 is 25.3 Å². The van der Waals surface area contributed by atoms with Crippen molar-refractivity contribution in [2.45, 2.75) is 6.54 Å². The van der Waals surface area contributed by atoms with Crippen molar-refractivity contribution in [1.82, 2.24) is 10.2 Å². The van der Waals surface area contributed by atoms with E-state index in [1.165, 1.54) is 0 Å². The van der Waals surface area contributed by atoms with Crippen LogP contribution in [-0.2, 0) is 6.54 Å². The van der Waals surface area contributed by atoms with E-state index in [0.29, 0.717) is 29.1 Å². The van der Waals surface area contributed by atoms with Crippen LogP contribution >= 0.6 is 0 Å². The molecule has 3 aromatic rings. The topological polar surface area (TPSA) is 86.6 Å². The maximum Gasteiger partial charge on any atom is 0.255 e. The third kappa shape index (κ3) is 4.06. The largest absolute Gasteiger partial charge is 0.464 e. The van der Waals surface area contributed by atoms with Crippen LogP contribution in [0.15, 0.2) is 59.2 Å². The van der Waals surface area contributed by atoms with Crippen LogP contribution < -0.4 is 16.0 Å². The Kier molecular flexibility index (Phi) is 5.54. The lowest BCUT2D eigenvalue weighted by atomic mass is 9.99. The molecule has 0 radical (unpaired) electrons. The molecule has 0 spiro atoms. The smallest absolute Gasteiger partial charge is 0.255 e. The zero-order chi connectivity index (χ0) is 21.1. The summed E-state index contributed by atoms with van der Waals surface area (Å²) >= 11 is 0. The molecular formula is C23H24N4O3. The molecule has 1 aromatic heterocycles. The minimum absolute atomic E-state index is 0.200. The summed E-state index contributed by atoms with van der Waals surface area (Å²) in [6.07, 6.45) is 1.60. The molecular weight excluding hydrogens is 380 g/mol. The van der Waals surface area contributed by atoms with Crippen molar-refractivity contribution in [2.24, 2.45) is 0 Å². The number of amides is 2. The highest BCUT2D eigenvalue weighted by molar-refractivity contribution is 6.11. The van der Waals surface area contributed by atoms with Gasteiger partial charge in [0.25, 0.3) is 11.8 Å². The summed E-state index contributed by atoms with van der Waals surface area (Å²) in [4.78, 5) is 27.3. The highest BCUT2D eigenvalue weighted by Gasteiger charge is 2.27. The number of benzene rings is 2. The second-order valence-electron chi connectivity index (χ2n) is 7.44. The van der Waals surface area contributed by atoms with Gasteiger partial charge in [-0.15, -0.1) is 0 Å². The summed E-state index contributed by atoms with van der Waals surface area (Å²) in [6.45, 7) is 2.15. The zero-order valence-corrected chi connectivity index (χ0v) is 17.0. The van der Waals surface area contributed by atoms with Gasteiger partial charge in [-0.3, -0.25) is 9.59 Å². The summed E-state index contributed by atoms with van der Waals surface area (Å²) in [7, 11) is 4.04. The van der Waals surface area contributed by atoms with E-state index in [2.05, 4.69) is 20.9 Å². The van der Waals surface area contributed by atoms with Gasteiger partial charge in [-0.05, 0) is 68.2 Å². The molecule has 0 aliphatic carbocycles. The van der Waals surface area contributed by atoms with Crippen LogP contribution in [0.4, 0.5) is 11.4 Å². The summed E-state index contributed by atoms with van der Waals surface area (Å²) in [5.41, 5.74) is 4.13. The lowest BCUT2D eigenvalue weighted by Gasteiger charge is -2.13. The van der Waals surface area contributed by atoms with Crippen molar-refractivity contribution in [3.05, 3.63) is 71.5 Å². The fourth-order valence-electron chi connectivity index (χ4n) is 3.47. The molecule has 3 N–H and O–H groups in total. The first-order chi connectivity index (χ1) is 14.5. The highest BCUT2D eigenvalue weighted by Crippen LogP contribution is 2.34. The van der Waals surface area contributed by atoms with E-state index in [1.807, 2.05) is 38.4 Å². The molecule has 1 aliphatic rings.